The van der Waals surface area contributed by atoms with Gasteiger partial charge in [0, 0.05) is 11.5 Å². The third-order valence-electron chi connectivity index (χ3n) is 2.62. The molecule has 2 rings (SSSR count). The molecule has 1 aromatic carbocycles. The monoisotopic (exact) mass is 298 g/mol. The van der Waals surface area contributed by atoms with Gasteiger partial charge in [0.2, 0.25) is 11.7 Å². The Hall–Kier alpha value is -1.39. The quantitative estimate of drug-likeness (QED) is 0.861. The number of ketones is 1. The van der Waals surface area contributed by atoms with Gasteiger partial charge in [-0.25, -0.2) is 0 Å². The maximum atomic E-state index is 11.6. The summed E-state index contributed by atoms with van der Waals surface area (Å²) in [6, 6.07) is 5.06. The lowest BCUT2D eigenvalue weighted by Crippen LogP contribution is -2.10. The van der Waals surface area contributed by atoms with Crippen LogP contribution in [-0.4, -0.2) is 15.9 Å². The van der Waals surface area contributed by atoms with Crippen LogP contribution >= 0.6 is 23.2 Å². The summed E-state index contributed by atoms with van der Waals surface area (Å²) in [4.78, 5) is 15.8. The Morgan fingerprint density at radius 3 is 2.68 bits per heavy atom. The van der Waals surface area contributed by atoms with E-state index in [-0.39, 0.29) is 18.1 Å². The standard InChI is InChI=1S/C13H12Cl2N2O2/c1-7(2)11(18)6-12-16-13(17-19-12)8-3-4-9(14)10(15)5-8/h3-5,7H,6H2,1-2H3. The van der Waals surface area contributed by atoms with Crippen molar-refractivity contribution in [3.63, 3.8) is 0 Å². The van der Waals surface area contributed by atoms with Crippen LogP contribution < -0.4 is 0 Å². The van der Waals surface area contributed by atoms with Crippen LogP contribution in [0, 0.1) is 5.92 Å². The van der Waals surface area contributed by atoms with Gasteiger partial charge < -0.3 is 4.52 Å². The number of carbonyl (C=O) groups is 1. The first-order chi connectivity index (χ1) is 8.97. The van der Waals surface area contributed by atoms with E-state index >= 15 is 0 Å². The Morgan fingerprint density at radius 1 is 1.32 bits per heavy atom. The summed E-state index contributed by atoms with van der Waals surface area (Å²) in [5, 5.41) is 4.71. The second kappa shape index (κ2) is 5.72. The zero-order valence-corrected chi connectivity index (χ0v) is 12.0. The topological polar surface area (TPSA) is 56.0 Å². The summed E-state index contributed by atoms with van der Waals surface area (Å²) >= 11 is 11.8. The van der Waals surface area contributed by atoms with Crippen molar-refractivity contribution in [2.24, 2.45) is 5.92 Å². The number of halogens is 2. The van der Waals surface area contributed by atoms with Crippen LogP contribution in [0.15, 0.2) is 22.7 Å². The predicted octanol–water partition coefficient (Wildman–Crippen LogP) is 3.81. The highest BCUT2D eigenvalue weighted by Crippen LogP contribution is 2.27. The predicted molar refractivity (Wildman–Crippen MR) is 73.3 cm³/mol. The van der Waals surface area contributed by atoms with Crippen molar-refractivity contribution in [1.82, 2.24) is 10.1 Å². The number of rotatable bonds is 4. The molecular weight excluding hydrogens is 287 g/mol. The number of nitrogens with zero attached hydrogens (tertiary/aromatic N) is 2. The lowest BCUT2D eigenvalue weighted by Gasteiger charge is -1.99. The van der Waals surface area contributed by atoms with Gasteiger partial charge in [-0.1, -0.05) is 42.2 Å². The second-order valence-electron chi connectivity index (χ2n) is 4.44. The molecule has 0 atom stereocenters. The van der Waals surface area contributed by atoms with E-state index in [1.54, 1.807) is 18.2 Å². The molecule has 0 saturated carbocycles. The summed E-state index contributed by atoms with van der Waals surface area (Å²) in [6.07, 6.45) is 0.145. The normalized spacial score (nSPS) is 11.0. The van der Waals surface area contributed by atoms with Gasteiger partial charge in [0.05, 0.1) is 16.5 Å². The van der Waals surface area contributed by atoms with Crippen LogP contribution in [0.2, 0.25) is 10.0 Å². The van der Waals surface area contributed by atoms with Gasteiger partial charge in [0.1, 0.15) is 5.78 Å². The van der Waals surface area contributed by atoms with Gasteiger partial charge in [-0.2, -0.15) is 4.98 Å². The molecule has 0 aliphatic rings. The van der Waals surface area contributed by atoms with Crippen LogP contribution in [0.1, 0.15) is 19.7 Å². The van der Waals surface area contributed by atoms with Crippen molar-refractivity contribution < 1.29 is 9.32 Å². The fourth-order valence-electron chi connectivity index (χ4n) is 1.43. The Kier molecular flexibility index (Phi) is 4.22. The minimum atomic E-state index is -0.0553. The Bertz CT molecular complexity index is 608. The Morgan fingerprint density at radius 2 is 2.05 bits per heavy atom. The Balaban J connectivity index is 2.21. The second-order valence-corrected chi connectivity index (χ2v) is 5.25. The first-order valence-electron chi connectivity index (χ1n) is 5.78. The molecular formula is C13H12Cl2N2O2. The molecule has 0 N–H and O–H groups in total. The SMILES string of the molecule is CC(C)C(=O)Cc1nc(-c2ccc(Cl)c(Cl)c2)no1. The maximum absolute atomic E-state index is 11.6. The lowest BCUT2D eigenvalue weighted by molar-refractivity contribution is -0.121. The number of carbonyl (C=O) groups excluding carboxylic acids is 1. The fourth-order valence-corrected chi connectivity index (χ4v) is 1.73. The van der Waals surface area contributed by atoms with E-state index in [0.29, 0.717) is 27.3 Å². The summed E-state index contributed by atoms with van der Waals surface area (Å²) in [5.41, 5.74) is 0.696. The highest BCUT2D eigenvalue weighted by Gasteiger charge is 2.15. The largest absolute Gasteiger partial charge is 0.339 e. The van der Waals surface area contributed by atoms with Crippen LogP contribution in [0.4, 0.5) is 0 Å². The molecule has 2 aromatic rings. The molecule has 0 saturated heterocycles. The number of hydrogen-bond donors (Lipinski definition) is 0. The third kappa shape index (κ3) is 3.33. The minimum absolute atomic E-state index is 0.0553. The van der Waals surface area contributed by atoms with Gasteiger partial charge in [-0.3, -0.25) is 4.79 Å². The van der Waals surface area contributed by atoms with E-state index in [2.05, 4.69) is 10.1 Å². The molecule has 1 aromatic heterocycles. The molecule has 0 radical (unpaired) electrons. The molecule has 19 heavy (non-hydrogen) atoms. The van der Waals surface area contributed by atoms with Crippen molar-refractivity contribution >= 4 is 29.0 Å². The van der Waals surface area contributed by atoms with Crippen molar-refractivity contribution in [2.75, 3.05) is 0 Å². The first kappa shape index (κ1) is 14.0. The summed E-state index contributed by atoms with van der Waals surface area (Å²) in [5.74, 6) is 0.703. The van der Waals surface area contributed by atoms with E-state index < -0.39 is 0 Å². The molecule has 0 unspecified atom stereocenters. The van der Waals surface area contributed by atoms with Crippen LogP contribution in [0.3, 0.4) is 0 Å². The maximum Gasteiger partial charge on any atom is 0.234 e. The molecule has 1 heterocycles. The highest BCUT2D eigenvalue weighted by molar-refractivity contribution is 6.42. The van der Waals surface area contributed by atoms with E-state index in [9.17, 15) is 4.79 Å². The molecule has 6 heteroatoms. The van der Waals surface area contributed by atoms with E-state index in [4.69, 9.17) is 27.7 Å². The highest BCUT2D eigenvalue weighted by atomic mass is 35.5. The molecule has 100 valence electrons. The van der Waals surface area contributed by atoms with Crippen molar-refractivity contribution in [3.05, 3.63) is 34.1 Å². The molecule has 0 bridgehead atoms. The summed E-state index contributed by atoms with van der Waals surface area (Å²) in [7, 11) is 0. The average Bonchev–Trinajstić information content (AvgIpc) is 2.81. The van der Waals surface area contributed by atoms with Gasteiger partial charge in [0.15, 0.2) is 0 Å². The van der Waals surface area contributed by atoms with Gasteiger partial charge in [-0.05, 0) is 18.2 Å². The molecule has 0 amide bonds. The van der Waals surface area contributed by atoms with Gasteiger partial charge in [-0.15, -0.1) is 0 Å². The number of aromatic nitrogens is 2. The van der Waals surface area contributed by atoms with E-state index in [1.165, 1.54) is 0 Å². The summed E-state index contributed by atoms with van der Waals surface area (Å²) < 4.78 is 5.05. The zero-order chi connectivity index (χ0) is 14.0. The smallest absolute Gasteiger partial charge is 0.234 e. The van der Waals surface area contributed by atoms with Crippen molar-refractivity contribution in [2.45, 2.75) is 20.3 Å². The van der Waals surface area contributed by atoms with Gasteiger partial charge in [0.25, 0.3) is 0 Å². The number of benzene rings is 1. The molecule has 0 aliphatic carbocycles. The average molecular weight is 299 g/mol. The van der Waals surface area contributed by atoms with Crippen LogP contribution in [0.25, 0.3) is 11.4 Å². The first-order valence-corrected chi connectivity index (χ1v) is 6.53. The zero-order valence-electron chi connectivity index (χ0n) is 10.5. The lowest BCUT2D eigenvalue weighted by atomic mass is 10.1. The van der Waals surface area contributed by atoms with Crippen molar-refractivity contribution in [1.29, 1.82) is 0 Å². The molecule has 4 nitrogen and oxygen atoms in total. The van der Waals surface area contributed by atoms with E-state index in [1.807, 2.05) is 13.8 Å². The van der Waals surface area contributed by atoms with E-state index in [0.717, 1.165) is 0 Å². The summed E-state index contributed by atoms with van der Waals surface area (Å²) in [6.45, 7) is 3.66. The minimum Gasteiger partial charge on any atom is -0.339 e. The van der Waals surface area contributed by atoms with Gasteiger partial charge >= 0.3 is 0 Å². The van der Waals surface area contributed by atoms with Crippen LogP contribution in [-0.2, 0) is 11.2 Å². The fraction of sp³-hybridized carbons (Fsp3) is 0.308. The molecule has 0 fully saturated rings. The van der Waals surface area contributed by atoms with Crippen LogP contribution in [0.5, 0.6) is 0 Å². The van der Waals surface area contributed by atoms with Crippen molar-refractivity contribution in [3.8, 4) is 11.4 Å². The third-order valence-corrected chi connectivity index (χ3v) is 3.35. The Labute approximate surface area is 120 Å². The number of hydrogen-bond acceptors (Lipinski definition) is 4. The molecule has 0 spiro atoms. The number of Topliss-reactive ketones (excluding diaryl/α,β-unsaturated/α-hetero) is 1. The molecule has 0 aliphatic heterocycles.